The minimum atomic E-state index is -0.976. The Morgan fingerprint density at radius 1 is 0.905 bits per heavy atom. The molecule has 0 aliphatic rings. The van der Waals surface area contributed by atoms with Crippen molar-refractivity contribution in [1.29, 1.82) is 0 Å². The van der Waals surface area contributed by atoms with Crippen molar-refractivity contribution in [3.63, 3.8) is 0 Å². The third-order valence-corrected chi connectivity index (χ3v) is 6.99. The van der Waals surface area contributed by atoms with Gasteiger partial charge in [-0.3, -0.25) is 9.69 Å². The first-order valence-corrected chi connectivity index (χ1v) is 13.9. The van der Waals surface area contributed by atoms with E-state index in [1.807, 2.05) is 92.2 Å². The SMILES string of the molecule is CC(C)(C)N(Cc1cccc(-c2nc3cc(C(=O)NCCCn4ccnc4)ccc3nc2-c2ccccc2)c1)C(=O)O. The van der Waals surface area contributed by atoms with Gasteiger partial charge in [0.25, 0.3) is 5.91 Å². The lowest BCUT2D eigenvalue weighted by molar-refractivity contribution is 0.0944. The fourth-order valence-corrected chi connectivity index (χ4v) is 4.77. The largest absolute Gasteiger partial charge is 0.465 e. The van der Waals surface area contributed by atoms with Gasteiger partial charge in [0, 0.05) is 54.3 Å². The minimum Gasteiger partial charge on any atom is -0.465 e. The highest BCUT2D eigenvalue weighted by Crippen LogP contribution is 2.32. The van der Waals surface area contributed by atoms with Crippen LogP contribution in [-0.2, 0) is 13.1 Å². The number of carbonyl (C=O) groups is 2. The van der Waals surface area contributed by atoms with Gasteiger partial charge in [0.15, 0.2) is 0 Å². The van der Waals surface area contributed by atoms with Crippen molar-refractivity contribution < 1.29 is 14.7 Å². The number of aromatic nitrogens is 4. The highest BCUT2D eigenvalue weighted by Gasteiger charge is 2.26. The summed E-state index contributed by atoms with van der Waals surface area (Å²) in [6, 6.07) is 22.9. The molecule has 0 fully saturated rings. The van der Waals surface area contributed by atoms with Gasteiger partial charge < -0.3 is 15.0 Å². The van der Waals surface area contributed by atoms with Gasteiger partial charge in [-0.2, -0.15) is 0 Å². The standard InChI is InChI=1S/C33H34N6O3/c1-33(2,3)39(32(41)42)21-23-9-7-12-25(19-23)30-29(24-10-5-4-6-11-24)36-27-14-13-26(20-28(27)37-30)31(40)35-15-8-17-38-18-16-34-22-38/h4-7,9-14,16,18-20,22H,8,15,17,21H2,1-3H3,(H,35,40)(H,41,42). The maximum atomic E-state index is 12.9. The Hall–Kier alpha value is -5.05. The van der Waals surface area contributed by atoms with Crippen molar-refractivity contribution in [1.82, 2.24) is 29.7 Å². The molecule has 2 aromatic heterocycles. The quantitative estimate of drug-likeness (QED) is 0.205. The number of amides is 2. The van der Waals surface area contributed by atoms with E-state index in [1.165, 1.54) is 4.90 Å². The number of carboxylic acid groups (broad SMARTS) is 1. The van der Waals surface area contributed by atoms with E-state index in [0.717, 1.165) is 29.7 Å². The number of fused-ring (bicyclic) bond motifs is 1. The van der Waals surface area contributed by atoms with Crippen molar-refractivity contribution >= 4 is 23.0 Å². The van der Waals surface area contributed by atoms with Crippen molar-refractivity contribution in [3.8, 4) is 22.5 Å². The smallest absolute Gasteiger partial charge is 0.408 e. The lowest BCUT2D eigenvalue weighted by Gasteiger charge is -2.33. The Morgan fingerprint density at radius 2 is 1.64 bits per heavy atom. The summed E-state index contributed by atoms with van der Waals surface area (Å²) in [4.78, 5) is 40.4. The molecule has 0 radical (unpaired) electrons. The third kappa shape index (κ3) is 6.63. The highest BCUT2D eigenvalue weighted by molar-refractivity contribution is 5.98. The molecule has 2 amide bonds. The first-order valence-electron chi connectivity index (χ1n) is 13.9. The molecule has 0 atom stereocenters. The summed E-state index contributed by atoms with van der Waals surface area (Å²) in [6.07, 6.45) is 5.20. The lowest BCUT2D eigenvalue weighted by atomic mass is 10.00. The molecule has 0 saturated carbocycles. The zero-order valence-electron chi connectivity index (χ0n) is 24.0. The molecule has 0 unspecified atom stereocenters. The Bertz CT molecular complexity index is 1690. The molecule has 0 saturated heterocycles. The van der Waals surface area contributed by atoms with Crippen LogP contribution in [0.2, 0.25) is 0 Å². The number of rotatable bonds is 9. The number of aryl methyl sites for hydroxylation is 1. The van der Waals surface area contributed by atoms with Gasteiger partial charge in [-0.1, -0.05) is 48.5 Å². The van der Waals surface area contributed by atoms with Gasteiger partial charge in [-0.25, -0.2) is 19.7 Å². The van der Waals surface area contributed by atoms with Crippen LogP contribution in [0.4, 0.5) is 4.79 Å². The van der Waals surface area contributed by atoms with Crippen LogP contribution in [0.25, 0.3) is 33.5 Å². The van der Waals surface area contributed by atoms with Gasteiger partial charge in [-0.05, 0) is 57.0 Å². The Labute approximate surface area is 244 Å². The normalized spacial score (nSPS) is 11.4. The van der Waals surface area contributed by atoms with Crippen LogP contribution in [-0.4, -0.2) is 53.6 Å². The molecule has 42 heavy (non-hydrogen) atoms. The molecule has 2 heterocycles. The summed E-state index contributed by atoms with van der Waals surface area (Å²) in [5.74, 6) is -0.170. The molecule has 2 N–H and O–H groups in total. The van der Waals surface area contributed by atoms with E-state index in [4.69, 9.17) is 9.97 Å². The maximum absolute atomic E-state index is 12.9. The van der Waals surface area contributed by atoms with Crippen LogP contribution in [0.3, 0.4) is 0 Å². The van der Waals surface area contributed by atoms with Crippen LogP contribution in [0, 0.1) is 0 Å². The summed E-state index contributed by atoms with van der Waals surface area (Å²) >= 11 is 0. The summed E-state index contributed by atoms with van der Waals surface area (Å²) in [6.45, 7) is 7.17. The van der Waals surface area contributed by atoms with Crippen LogP contribution >= 0.6 is 0 Å². The Morgan fingerprint density at radius 3 is 2.36 bits per heavy atom. The number of hydrogen-bond acceptors (Lipinski definition) is 5. The molecular weight excluding hydrogens is 528 g/mol. The molecule has 0 spiro atoms. The number of hydrogen-bond donors (Lipinski definition) is 2. The van der Waals surface area contributed by atoms with E-state index in [1.54, 1.807) is 24.7 Å². The first kappa shape index (κ1) is 28.5. The topological polar surface area (TPSA) is 113 Å². The molecule has 5 rings (SSSR count). The molecule has 0 aliphatic carbocycles. The zero-order valence-corrected chi connectivity index (χ0v) is 24.0. The van der Waals surface area contributed by atoms with Gasteiger partial charge >= 0.3 is 6.09 Å². The van der Waals surface area contributed by atoms with E-state index < -0.39 is 11.6 Å². The Balaban J connectivity index is 1.47. The monoisotopic (exact) mass is 562 g/mol. The molecule has 9 nitrogen and oxygen atoms in total. The second kappa shape index (κ2) is 12.2. The van der Waals surface area contributed by atoms with Gasteiger partial charge in [0.2, 0.25) is 0 Å². The fourth-order valence-electron chi connectivity index (χ4n) is 4.77. The average molecular weight is 563 g/mol. The van der Waals surface area contributed by atoms with Crippen molar-refractivity contribution in [2.75, 3.05) is 6.54 Å². The van der Waals surface area contributed by atoms with Crippen molar-refractivity contribution in [2.24, 2.45) is 0 Å². The molecule has 0 aliphatic heterocycles. The van der Waals surface area contributed by atoms with Crippen molar-refractivity contribution in [2.45, 2.75) is 45.8 Å². The molecule has 0 bridgehead atoms. The van der Waals surface area contributed by atoms with Gasteiger partial charge in [0.05, 0.1) is 28.7 Å². The predicted molar refractivity (Wildman–Crippen MR) is 163 cm³/mol. The zero-order chi connectivity index (χ0) is 29.7. The van der Waals surface area contributed by atoms with E-state index in [-0.39, 0.29) is 12.5 Å². The predicted octanol–water partition coefficient (Wildman–Crippen LogP) is 6.26. The van der Waals surface area contributed by atoms with Crippen LogP contribution < -0.4 is 5.32 Å². The van der Waals surface area contributed by atoms with E-state index >= 15 is 0 Å². The van der Waals surface area contributed by atoms with Gasteiger partial charge in [-0.15, -0.1) is 0 Å². The molecule has 3 aromatic carbocycles. The van der Waals surface area contributed by atoms with Crippen LogP contribution in [0.1, 0.15) is 43.1 Å². The summed E-state index contributed by atoms with van der Waals surface area (Å²) in [7, 11) is 0. The number of carbonyl (C=O) groups excluding carboxylic acids is 1. The molecular formula is C33H34N6O3. The summed E-state index contributed by atoms with van der Waals surface area (Å²) < 4.78 is 1.97. The van der Waals surface area contributed by atoms with E-state index in [2.05, 4.69) is 10.3 Å². The summed E-state index contributed by atoms with van der Waals surface area (Å²) in [5, 5.41) is 12.8. The summed E-state index contributed by atoms with van der Waals surface area (Å²) in [5.41, 5.74) is 5.16. The number of imidazole rings is 1. The fraction of sp³-hybridized carbons (Fsp3) is 0.242. The number of benzene rings is 3. The van der Waals surface area contributed by atoms with Crippen LogP contribution in [0.15, 0.2) is 91.5 Å². The molecule has 9 heteroatoms. The Kier molecular flexibility index (Phi) is 8.28. The van der Waals surface area contributed by atoms with Crippen molar-refractivity contribution in [3.05, 3.63) is 103 Å². The third-order valence-electron chi connectivity index (χ3n) is 6.99. The minimum absolute atomic E-state index is 0.170. The van der Waals surface area contributed by atoms with E-state index in [9.17, 15) is 14.7 Å². The average Bonchev–Trinajstić information content (AvgIpc) is 3.50. The van der Waals surface area contributed by atoms with Gasteiger partial charge in [0.1, 0.15) is 0 Å². The first-order chi connectivity index (χ1) is 20.2. The van der Waals surface area contributed by atoms with Crippen LogP contribution in [0.5, 0.6) is 0 Å². The second-order valence-corrected chi connectivity index (χ2v) is 11.1. The highest BCUT2D eigenvalue weighted by atomic mass is 16.4. The molecule has 214 valence electrons. The van der Waals surface area contributed by atoms with E-state index in [0.29, 0.717) is 34.5 Å². The second-order valence-electron chi connectivity index (χ2n) is 11.1. The maximum Gasteiger partial charge on any atom is 0.408 e. The number of nitrogens with one attached hydrogen (secondary N) is 1. The molecule has 5 aromatic rings. The lowest BCUT2D eigenvalue weighted by Crippen LogP contribution is -2.44. The number of nitrogens with zero attached hydrogens (tertiary/aromatic N) is 5.